The Morgan fingerprint density at radius 1 is 1.69 bits per heavy atom. The number of thioether (sulfide) groups is 1. The topological polar surface area (TPSA) is 93.5 Å². The van der Waals surface area contributed by atoms with Crippen LogP contribution >= 0.6 is 11.8 Å². The molecule has 1 aliphatic heterocycles. The largest absolute Gasteiger partial charge is 0.393 e. The van der Waals surface area contributed by atoms with E-state index in [4.69, 9.17) is 14.7 Å². The van der Waals surface area contributed by atoms with Crippen LogP contribution in [0.25, 0.3) is 0 Å². The van der Waals surface area contributed by atoms with E-state index < -0.39 is 17.5 Å². The molecular weight excluding hydrogens is 236 g/mol. The number of hydrogen-bond acceptors (Lipinski definition) is 6. The lowest BCUT2D eigenvalue weighted by Gasteiger charge is -2.13. The standard InChI is InChI=1S/C8H10N2O5S/c11-3-7-14-6(4-16-7)15-10-2-1-5(12)9-8(10)13/h1-2,6-7,11H,3-4H2,(H,9,12,13)/t6-,7-/m0/s1. The molecule has 7 nitrogen and oxygen atoms in total. The highest BCUT2D eigenvalue weighted by Crippen LogP contribution is 2.23. The maximum absolute atomic E-state index is 11.2. The molecule has 0 radical (unpaired) electrons. The molecule has 0 unspecified atom stereocenters. The van der Waals surface area contributed by atoms with E-state index in [2.05, 4.69) is 4.98 Å². The van der Waals surface area contributed by atoms with Crippen molar-refractivity contribution in [1.29, 1.82) is 0 Å². The first-order valence-corrected chi connectivity index (χ1v) is 5.61. The van der Waals surface area contributed by atoms with Crippen molar-refractivity contribution < 1.29 is 14.7 Å². The van der Waals surface area contributed by atoms with E-state index in [1.165, 1.54) is 24.0 Å². The molecule has 0 bridgehead atoms. The fourth-order valence-electron chi connectivity index (χ4n) is 1.20. The SMILES string of the molecule is O=c1ccn(O[C@H]2CS[C@@H](CO)O2)c(=O)[nH]1. The lowest BCUT2D eigenvalue weighted by Crippen LogP contribution is -2.38. The Balaban J connectivity index is 2.05. The van der Waals surface area contributed by atoms with Crippen molar-refractivity contribution in [3.8, 4) is 0 Å². The molecule has 1 aromatic heterocycles. The van der Waals surface area contributed by atoms with E-state index in [1.54, 1.807) is 0 Å². The smallest absolute Gasteiger partial charge is 0.361 e. The Morgan fingerprint density at radius 2 is 2.50 bits per heavy atom. The van der Waals surface area contributed by atoms with Crippen molar-refractivity contribution >= 4 is 11.8 Å². The number of nitrogens with one attached hydrogen (secondary N) is 1. The number of ether oxygens (including phenoxy) is 1. The molecule has 1 saturated heterocycles. The van der Waals surface area contributed by atoms with E-state index in [1.807, 2.05) is 0 Å². The number of hydrogen-bond donors (Lipinski definition) is 2. The molecular formula is C8H10N2O5S. The molecule has 1 aliphatic rings. The Bertz CT molecular complexity index is 470. The van der Waals surface area contributed by atoms with Crippen molar-refractivity contribution in [2.75, 3.05) is 12.4 Å². The number of aliphatic hydroxyl groups excluding tert-OH is 1. The maximum Gasteiger partial charge on any atom is 0.361 e. The van der Waals surface area contributed by atoms with Crippen LogP contribution < -0.4 is 16.1 Å². The number of aromatic nitrogens is 2. The average Bonchev–Trinajstić information content (AvgIpc) is 2.70. The molecule has 0 aliphatic carbocycles. The zero-order valence-electron chi connectivity index (χ0n) is 8.16. The second-order valence-electron chi connectivity index (χ2n) is 3.05. The van der Waals surface area contributed by atoms with E-state index in [0.717, 1.165) is 4.73 Å². The third-order valence-electron chi connectivity index (χ3n) is 1.89. The first-order chi connectivity index (χ1) is 7.69. The van der Waals surface area contributed by atoms with Gasteiger partial charge in [-0.25, -0.2) is 4.79 Å². The molecule has 0 amide bonds. The van der Waals surface area contributed by atoms with E-state index in [-0.39, 0.29) is 12.0 Å². The number of rotatable bonds is 3. The van der Waals surface area contributed by atoms with E-state index in [0.29, 0.717) is 5.75 Å². The quantitative estimate of drug-likeness (QED) is 0.665. The van der Waals surface area contributed by atoms with Crippen LogP contribution in [0.3, 0.4) is 0 Å². The molecule has 1 aromatic rings. The van der Waals surface area contributed by atoms with Crippen molar-refractivity contribution in [2.45, 2.75) is 11.7 Å². The highest BCUT2D eigenvalue weighted by atomic mass is 32.2. The van der Waals surface area contributed by atoms with Gasteiger partial charge in [0, 0.05) is 6.07 Å². The summed E-state index contributed by atoms with van der Waals surface area (Å²) in [6.45, 7) is -0.106. The third-order valence-corrected chi connectivity index (χ3v) is 2.99. The monoisotopic (exact) mass is 246 g/mol. The molecule has 2 rings (SSSR count). The van der Waals surface area contributed by atoms with Gasteiger partial charge in [-0.3, -0.25) is 9.78 Å². The Hall–Kier alpha value is -1.25. The second-order valence-corrected chi connectivity index (χ2v) is 4.24. The van der Waals surface area contributed by atoms with Crippen LogP contribution in [-0.2, 0) is 4.74 Å². The number of nitrogens with zero attached hydrogens (tertiary/aromatic N) is 1. The first kappa shape index (κ1) is 11.2. The zero-order chi connectivity index (χ0) is 11.5. The second kappa shape index (κ2) is 4.73. The van der Waals surface area contributed by atoms with Gasteiger partial charge in [0.2, 0.25) is 6.29 Å². The van der Waals surface area contributed by atoms with Crippen LogP contribution in [0.5, 0.6) is 0 Å². The molecule has 0 aromatic carbocycles. The van der Waals surface area contributed by atoms with Crippen molar-refractivity contribution in [3.05, 3.63) is 33.1 Å². The summed E-state index contributed by atoms with van der Waals surface area (Å²) in [5.74, 6) is 0.511. The van der Waals surface area contributed by atoms with Gasteiger partial charge < -0.3 is 14.7 Å². The summed E-state index contributed by atoms with van der Waals surface area (Å²) in [5, 5.41) is 8.82. The molecule has 2 heterocycles. The Labute approximate surface area is 94.0 Å². The Kier molecular flexibility index (Phi) is 3.32. The minimum Gasteiger partial charge on any atom is -0.393 e. The highest BCUT2D eigenvalue weighted by molar-refractivity contribution is 8.00. The van der Waals surface area contributed by atoms with Crippen LogP contribution in [0, 0.1) is 0 Å². The summed E-state index contributed by atoms with van der Waals surface area (Å²) in [7, 11) is 0. The molecule has 2 N–H and O–H groups in total. The van der Waals surface area contributed by atoms with Crippen LogP contribution in [-0.4, -0.2) is 38.9 Å². The molecule has 2 atom stereocenters. The third kappa shape index (κ3) is 2.46. The highest BCUT2D eigenvalue weighted by Gasteiger charge is 2.27. The molecule has 88 valence electrons. The van der Waals surface area contributed by atoms with Gasteiger partial charge in [-0.2, -0.15) is 0 Å². The minimum absolute atomic E-state index is 0.106. The normalized spacial score (nSPS) is 24.6. The maximum atomic E-state index is 11.2. The van der Waals surface area contributed by atoms with Crippen molar-refractivity contribution in [3.63, 3.8) is 0 Å². The van der Waals surface area contributed by atoms with Gasteiger partial charge in [0.15, 0.2) is 0 Å². The summed E-state index contributed by atoms with van der Waals surface area (Å²) < 4.78 is 6.13. The predicted octanol–water partition coefficient (Wildman–Crippen LogP) is -1.63. The van der Waals surface area contributed by atoms with Crippen LogP contribution in [0.1, 0.15) is 0 Å². The summed E-state index contributed by atoms with van der Waals surface area (Å²) in [6.07, 6.45) is 0.618. The van der Waals surface area contributed by atoms with Crippen molar-refractivity contribution in [1.82, 2.24) is 9.71 Å². The van der Waals surface area contributed by atoms with Gasteiger partial charge in [-0.15, -0.1) is 16.5 Å². The summed E-state index contributed by atoms with van der Waals surface area (Å²) >= 11 is 1.39. The van der Waals surface area contributed by atoms with Gasteiger partial charge in [0.05, 0.1) is 18.6 Å². The van der Waals surface area contributed by atoms with E-state index in [9.17, 15) is 9.59 Å². The van der Waals surface area contributed by atoms with E-state index >= 15 is 0 Å². The lowest BCUT2D eigenvalue weighted by atomic mass is 10.7. The molecule has 16 heavy (non-hydrogen) atoms. The number of aromatic amines is 1. The first-order valence-electron chi connectivity index (χ1n) is 4.56. The minimum atomic E-state index is -0.659. The average molecular weight is 246 g/mol. The lowest BCUT2D eigenvalue weighted by molar-refractivity contribution is -0.138. The fourth-order valence-corrected chi connectivity index (χ4v) is 2.02. The summed E-state index contributed by atoms with van der Waals surface area (Å²) in [6, 6.07) is 1.17. The fraction of sp³-hybridized carbons (Fsp3) is 0.500. The Morgan fingerprint density at radius 3 is 3.12 bits per heavy atom. The number of H-pyrrole nitrogens is 1. The molecule has 0 saturated carbocycles. The van der Waals surface area contributed by atoms with Gasteiger partial charge in [-0.1, -0.05) is 0 Å². The molecule has 1 fully saturated rings. The van der Waals surface area contributed by atoms with Gasteiger partial charge in [0.1, 0.15) is 5.44 Å². The zero-order valence-corrected chi connectivity index (χ0v) is 8.98. The van der Waals surface area contributed by atoms with Gasteiger partial charge >= 0.3 is 5.69 Å². The van der Waals surface area contributed by atoms with Crippen LogP contribution in [0.15, 0.2) is 21.9 Å². The summed E-state index contributed by atoms with van der Waals surface area (Å²) in [4.78, 5) is 29.3. The van der Waals surface area contributed by atoms with Gasteiger partial charge in [-0.05, 0) is 0 Å². The molecule has 0 spiro atoms. The van der Waals surface area contributed by atoms with Crippen LogP contribution in [0.4, 0.5) is 0 Å². The van der Waals surface area contributed by atoms with Crippen molar-refractivity contribution in [2.24, 2.45) is 0 Å². The van der Waals surface area contributed by atoms with Gasteiger partial charge in [0.25, 0.3) is 5.56 Å². The summed E-state index contributed by atoms with van der Waals surface area (Å²) in [5.41, 5.74) is -1.48. The predicted molar refractivity (Wildman–Crippen MR) is 56.1 cm³/mol. The van der Waals surface area contributed by atoms with Crippen LogP contribution in [0.2, 0.25) is 0 Å². The molecule has 8 heteroatoms. The number of aliphatic hydroxyl groups is 1.